The minimum atomic E-state index is -2.56. The van der Waals surface area contributed by atoms with Gasteiger partial charge in [0, 0.05) is 6.42 Å². The van der Waals surface area contributed by atoms with E-state index in [1.807, 2.05) is 12.1 Å². The molecule has 4 heteroatoms. The van der Waals surface area contributed by atoms with Crippen LogP contribution < -0.4 is 10.4 Å². The van der Waals surface area contributed by atoms with Crippen molar-refractivity contribution in [1.29, 1.82) is 0 Å². The van der Waals surface area contributed by atoms with Crippen LogP contribution in [0.15, 0.2) is 72.8 Å². The molecule has 0 aromatic heterocycles. The molecule has 2 aromatic rings. The third-order valence-corrected chi connectivity index (χ3v) is 9.72. The van der Waals surface area contributed by atoms with Crippen LogP contribution in [-0.4, -0.2) is 21.0 Å². The number of halogens is 1. The molecule has 0 unspecified atom stereocenters. The molecule has 1 aliphatic heterocycles. The first-order valence-electron chi connectivity index (χ1n) is 8.68. The topological polar surface area (TPSA) is 18.5 Å². The second-order valence-electron chi connectivity index (χ2n) is 7.50. The molecule has 3 rings (SSSR count). The maximum Gasteiger partial charge on any atom is 0.261 e. The van der Waals surface area contributed by atoms with E-state index in [1.165, 1.54) is 16.6 Å². The van der Waals surface area contributed by atoms with Crippen LogP contribution in [0, 0.1) is 0 Å². The molecule has 132 valence electrons. The highest BCUT2D eigenvalue weighted by Crippen LogP contribution is 2.37. The van der Waals surface area contributed by atoms with Crippen molar-refractivity contribution in [3.8, 4) is 0 Å². The van der Waals surface area contributed by atoms with Crippen molar-refractivity contribution in [3.63, 3.8) is 0 Å². The van der Waals surface area contributed by atoms with Crippen molar-refractivity contribution in [3.05, 3.63) is 72.8 Å². The molecule has 0 fully saturated rings. The van der Waals surface area contributed by atoms with Crippen LogP contribution in [0.2, 0.25) is 5.04 Å². The fraction of sp³-hybridized carbons (Fsp3) is 0.333. The Morgan fingerprint density at radius 3 is 1.92 bits per heavy atom. The minimum Gasteiger partial charge on any atom is -0.493 e. The molecule has 1 heterocycles. The third-order valence-electron chi connectivity index (χ3n) is 4.71. The summed E-state index contributed by atoms with van der Waals surface area (Å²) in [5, 5.41) is 2.36. The monoisotopic (exact) mass is 356 g/mol. The summed E-state index contributed by atoms with van der Waals surface area (Å²) in [7, 11) is -2.56. The molecule has 0 radical (unpaired) electrons. The van der Waals surface area contributed by atoms with Crippen LogP contribution in [0.3, 0.4) is 0 Å². The molecule has 0 amide bonds. The van der Waals surface area contributed by atoms with Crippen LogP contribution in [0.25, 0.3) is 0 Å². The van der Waals surface area contributed by atoms with E-state index in [1.54, 1.807) is 0 Å². The predicted molar refractivity (Wildman–Crippen MR) is 102 cm³/mol. The van der Waals surface area contributed by atoms with Crippen LogP contribution in [0.4, 0.5) is 4.39 Å². The molecule has 0 aliphatic carbocycles. The van der Waals surface area contributed by atoms with Crippen molar-refractivity contribution in [2.75, 3.05) is 6.61 Å². The van der Waals surface area contributed by atoms with E-state index < -0.39 is 8.32 Å². The maximum atomic E-state index is 13.4. The van der Waals surface area contributed by atoms with E-state index in [-0.39, 0.29) is 23.4 Å². The number of hydrogen-bond acceptors (Lipinski definition) is 2. The second kappa shape index (κ2) is 7.14. The van der Waals surface area contributed by atoms with Crippen molar-refractivity contribution in [2.45, 2.75) is 38.3 Å². The van der Waals surface area contributed by atoms with Gasteiger partial charge >= 0.3 is 0 Å². The second-order valence-corrected chi connectivity index (χ2v) is 11.8. The highest BCUT2D eigenvalue weighted by Gasteiger charge is 2.50. The zero-order valence-electron chi connectivity index (χ0n) is 15.0. The quantitative estimate of drug-likeness (QED) is 0.749. The number of hydrogen-bond donors (Lipinski definition) is 0. The smallest absolute Gasteiger partial charge is 0.261 e. The summed E-state index contributed by atoms with van der Waals surface area (Å²) < 4.78 is 25.5. The van der Waals surface area contributed by atoms with Gasteiger partial charge in [-0.15, -0.1) is 0 Å². The normalized spacial score (nSPS) is 17.9. The molecule has 0 N–H and O–H groups in total. The first-order valence-corrected chi connectivity index (χ1v) is 10.6. The third kappa shape index (κ3) is 3.55. The van der Waals surface area contributed by atoms with Crippen LogP contribution in [0.1, 0.15) is 27.2 Å². The first kappa shape index (κ1) is 17.9. The van der Waals surface area contributed by atoms with Crippen molar-refractivity contribution in [1.82, 2.24) is 0 Å². The first-order chi connectivity index (χ1) is 11.9. The Labute approximate surface area is 150 Å². The van der Waals surface area contributed by atoms with E-state index in [4.69, 9.17) is 9.16 Å². The van der Waals surface area contributed by atoms with E-state index in [2.05, 4.69) is 69.3 Å². The lowest BCUT2D eigenvalue weighted by atomic mass is 10.2. The Balaban J connectivity index is 2.03. The largest absolute Gasteiger partial charge is 0.493 e. The summed E-state index contributed by atoms with van der Waals surface area (Å²) in [6.07, 6.45) is 1.25. The molecule has 0 bridgehead atoms. The van der Waals surface area contributed by atoms with Gasteiger partial charge in [0.15, 0.2) is 0 Å². The lowest BCUT2D eigenvalue weighted by molar-refractivity contribution is 0.102. The summed E-state index contributed by atoms with van der Waals surface area (Å²) in [5.41, 5.74) is 0. The average molecular weight is 357 g/mol. The lowest BCUT2D eigenvalue weighted by Gasteiger charge is -2.43. The molecular weight excluding hydrogens is 331 g/mol. The molecule has 0 spiro atoms. The fourth-order valence-corrected chi connectivity index (χ4v) is 8.15. The van der Waals surface area contributed by atoms with Gasteiger partial charge in [0.05, 0.1) is 6.61 Å². The summed E-state index contributed by atoms with van der Waals surface area (Å²) >= 11 is 0. The Kier molecular flexibility index (Phi) is 5.11. The van der Waals surface area contributed by atoms with Gasteiger partial charge in [-0.2, -0.15) is 0 Å². The van der Waals surface area contributed by atoms with E-state index in [9.17, 15) is 4.39 Å². The van der Waals surface area contributed by atoms with Gasteiger partial charge in [-0.05, 0) is 15.4 Å². The molecule has 0 saturated carbocycles. The van der Waals surface area contributed by atoms with Crippen LogP contribution in [0.5, 0.6) is 0 Å². The molecular formula is C21H25FO2Si. The Morgan fingerprint density at radius 1 is 1.00 bits per heavy atom. The minimum absolute atomic E-state index is 0.0831. The summed E-state index contributed by atoms with van der Waals surface area (Å²) in [5.74, 6) is -0.212. The highest BCUT2D eigenvalue weighted by molar-refractivity contribution is 6.99. The van der Waals surface area contributed by atoms with Crippen molar-refractivity contribution in [2.24, 2.45) is 0 Å². The molecule has 1 aliphatic rings. The predicted octanol–water partition coefficient (Wildman–Crippen LogP) is 4.16. The molecule has 2 nitrogen and oxygen atoms in total. The van der Waals surface area contributed by atoms with E-state index in [0.29, 0.717) is 6.61 Å². The Morgan fingerprint density at radius 2 is 1.52 bits per heavy atom. The zero-order chi connectivity index (χ0) is 17.9. The molecule has 1 atom stereocenters. The lowest BCUT2D eigenvalue weighted by Crippen LogP contribution is -2.67. The van der Waals surface area contributed by atoms with Gasteiger partial charge < -0.3 is 9.16 Å². The summed E-state index contributed by atoms with van der Waals surface area (Å²) in [6.45, 7) is 7.08. The number of ether oxygens (including phenoxy) is 1. The van der Waals surface area contributed by atoms with Gasteiger partial charge in [-0.1, -0.05) is 81.4 Å². The number of benzene rings is 2. The Bertz CT molecular complexity index is 683. The van der Waals surface area contributed by atoms with Gasteiger partial charge in [-0.3, -0.25) is 0 Å². The molecule has 2 aromatic carbocycles. The Hall–Kier alpha value is -1.91. The van der Waals surface area contributed by atoms with E-state index >= 15 is 0 Å². The van der Waals surface area contributed by atoms with Gasteiger partial charge in [-0.25, -0.2) is 4.39 Å². The maximum absolute atomic E-state index is 13.4. The molecule has 25 heavy (non-hydrogen) atoms. The van der Waals surface area contributed by atoms with Crippen molar-refractivity contribution < 1.29 is 13.6 Å². The number of rotatable bonds is 5. The standard InChI is InChI=1S/C21H25FO2Si/c1-21(2,3)25(19-10-6-4-7-11-19,20-12-8-5-9-13-20)24-16-18-14-17(22)15-23-18/h4-13,15,18H,14,16H2,1-3H3/t18-/m1/s1. The van der Waals surface area contributed by atoms with Gasteiger partial charge in [0.25, 0.3) is 8.32 Å². The van der Waals surface area contributed by atoms with Crippen molar-refractivity contribution >= 4 is 18.7 Å². The SMILES string of the molecule is CC(C)(C)[Si](OC[C@H]1CC(F)=CO1)(c1ccccc1)c1ccccc1. The fourth-order valence-electron chi connectivity index (χ4n) is 3.56. The van der Waals surface area contributed by atoms with Crippen LogP contribution in [-0.2, 0) is 9.16 Å². The summed E-state index contributed by atoms with van der Waals surface area (Å²) in [6, 6.07) is 20.9. The summed E-state index contributed by atoms with van der Waals surface area (Å²) in [4.78, 5) is 0. The van der Waals surface area contributed by atoms with Crippen LogP contribution >= 0.6 is 0 Å². The van der Waals surface area contributed by atoms with E-state index in [0.717, 1.165) is 0 Å². The highest BCUT2D eigenvalue weighted by atomic mass is 28.4. The van der Waals surface area contributed by atoms with Gasteiger partial charge in [0.2, 0.25) is 0 Å². The average Bonchev–Trinajstić information content (AvgIpc) is 3.02. The van der Waals surface area contributed by atoms with Gasteiger partial charge in [0.1, 0.15) is 18.2 Å². The zero-order valence-corrected chi connectivity index (χ0v) is 16.0. The molecule has 0 saturated heterocycles.